The van der Waals surface area contributed by atoms with Crippen LogP contribution in [0.1, 0.15) is 12.5 Å². The molecule has 0 radical (unpaired) electrons. The van der Waals surface area contributed by atoms with E-state index in [-0.39, 0.29) is 6.04 Å². The minimum Gasteiger partial charge on any atom is -0.361 e. The van der Waals surface area contributed by atoms with Gasteiger partial charge in [-0.1, -0.05) is 30.3 Å². The van der Waals surface area contributed by atoms with Crippen LogP contribution in [0.25, 0.3) is 0 Å². The Labute approximate surface area is 90.3 Å². The quantitative estimate of drug-likeness (QED) is 0.750. The van der Waals surface area contributed by atoms with Gasteiger partial charge in [-0.2, -0.15) is 0 Å². The zero-order chi connectivity index (χ0) is 10.9. The van der Waals surface area contributed by atoms with Crippen LogP contribution in [0.5, 0.6) is 0 Å². The highest BCUT2D eigenvalue weighted by atomic mass is 16.6. The Morgan fingerprint density at radius 1 is 1.40 bits per heavy atom. The third kappa shape index (κ3) is 1.78. The third-order valence-corrected chi connectivity index (χ3v) is 3.18. The number of rotatable bonds is 1. The Balaban J connectivity index is 2.32. The van der Waals surface area contributed by atoms with Crippen LogP contribution in [0.3, 0.4) is 0 Å². The summed E-state index contributed by atoms with van der Waals surface area (Å²) in [6, 6.07) is 9.53. The summed E-state index contributed by atoms with van der Waals surface area (Å²) in [4.78, 5) is 2.11. The number of hydrogen-bond acceptors (Lipinski definition) is 3. The van der Waals surface area contributed by atoms with E-state index in [0.717, 1.165) is 12.1 Å². The molecule has 0 unspecified atom stereocenters. The molecule has 0 spiro atoms. The zero-order valence-electron chi connectivity index (χ0n) is 9.18. The van der Waals surface area contributed by atoms with Crippen molar-refractivity contribution in [3.05, 3.63) is 35.9 Å². The lowest BCUT2D eigenvalue weighted by Gasteiger charge is -2.43. The van der Waals surface area contributed by atoms with Crippen molar-refractivity contribution in [3.63, 3.8) is 0 Å². The number of nitrogens with zero attached hydrogens (tertiary/aromatic N) is 1. The molecule has 0 saturated carbocycles. The molecule has 2 rings (SSSR count). The van der Waals surface area contributed by atoms with E-state index in [4.69, 9.17) is 4.74 Å². The standard InChI is InChI=1S/C12H17NO2/c1-10-12(14,15-9-8-13(10)2)11-6-4-3-5-7-11/h3-7,10,14H,8-9H2,1-2H3/t10-,12-/m0/s1. The fraction of sp³-hybridized carbons (Fsp3) is 0.500. The zero-order valence-corrected chi connectivity index (χ0v) is 9.18. The van der Waals surface area contributed by atoms with Crippen molar-refractivity contribution in [2.45, 2.75) is 18.8 Å². The monoisotopic (exact) mass is 207 g/mol. The smallest absolute Gasteiger partial charge is 0.208 e. The van der Waals surface area contributed by atoms with Crippen molar-refractivity contribution >= 4 is 0 Å². The van der Waals surface area contributed by atoms with E-state index in [9.17, 15) is 5.11 Å². The molecule has 0 bridgehead atoms. The maximum Gasteiger partial charge on any atom is 0.208 e. The number of aliphatic hydroxyl groups is 1. The average Bonchev–Trinajstić information content (AvgIpc) is 2.27. The molecule has 1 fully saturated rings. The van der Waals surface area contributed by atoms with E-state index < -0.39 is 5.79 Å². The van der Waals surface area contributed by atoms with Gasteiger partial charge >= 0.3 is 0 Å². The van der Waals surface area contributed by atoms with Crippen LogP contribution in [0.2, 0.25) is 0 Å². The lowest BCUT2D eigenvalue weighted by atomic mass is 9.97. The Morgan fingerprint density at radius 2 is 2.07 bits per heavy atom. The van der Waals surface area contributed by atoms with E-state index in [1.54, 1.807) is 0 Å². The minimum atomic E-state index is -1.17. The molecule has 1 saturated heterocycles. The van der Waals surface area contributed by atoms with Crippen molar-refractivity contribution in [1.29, 1.82) is 0 Å². The third-order valence-electron chi connectivity index (χ3n) is 3.18. The highest BCUT2D eigenvalue weighted by Crippen LogP contribution is 2.31. The van der Waals surface area contributed by atoms with Gasteiger partial charge in [0.25, 0.3) is 0 Å². The van der Waals surface area contributed by atoms with Crippen molar-refractivity contribution in [3.8, 4) is 0 Å². The molecule has 3 heteroatoms. The van der Waals surface area contributed by atoms with Gasteiger partial charge in [-0.25, -0.2) is 0 Å². The van der Waals surface area contributed by atoms with Crippen molar-refractivity contribution in [2.24, 2.45) is 0 Å². The SMILES string of the molecule is C[C@@H]1N(C)CCO[C@]1(O)c1ccccc1. The van der Waals surface area contributed by atoms with E-state index in [1.807, 2.05) is 44.3 Å². The summed E-state index contributed by atoms with van der Waals surface area (Å²) in [7, 11) is 2.00. The fourth-order valence-corrected chi connectivity index (χ4v) is 1.96. The van der Waals surface area contributed by atoms with Crippen LogP contribution in [0, 0.1) is 0 Å². The Bertz CT molecular complexity index is 328. The van der Waals surface area contributed by atoms with Gasteiger partial charge in [0.05, 0.1) is 12.6 Å². The first kappa shape index (κ1) is 10.6. The lowest BCUT2D eigenvalue weighted by Crippen LogP contribution is -2.55. The molecule has 1 aliphatic rings. The van der Waals surface area contributed by atoms with Gasteiger partial charge in [0.15, 0.2) is 0 Å². The maximum atomic E-state index is 10.5. The molecule has 1 aliphatic heterocycles. The van der Waals surface area contributed by atoms with Crippen LogP contribution in [0.15, 0.2) is 30.3 Å². The Kier molecular flexibility index (Phi) is 2.78. The number of ether oxygens (including phenoxy) is 1. The molecule has 1 heterocycles. The highest BCUT2D eigenvalue weighted by molar-refractivity contribution is 5.22. The summed E-state index contributed by atoms with van der Waals surface area (Å²) in [5.74, 6) is -1.17. The lowest BCUT2D eigenvalue weighted by molar-refractivity contribution is -0.271. The van der Waals surface area contributed by atoms with Gasteiger partial charge in [0.2, 0.25) is 5.79 Å². The van der Waals surface area contributed by atoms with Crippen LogP contribution in [-0.4, -0.2) is 36.2 Å². The summed E-state index contributed by atoms with van der Waals surface area (Å²) in [6.07, 6.45) is 0. The predicted molar refractivity (Wildman–Crippen MR) is 58.4 cm³/mol. The molecule has 15 heavy (non-hydrogen) atoms. The molecular weight excluding hydrogens is 190 g/mol. The van der Waals surface area contributed by atoms with Gasteiger partial charge in [-0.05, 0) is 14.0 Å². The number of morpholine rings is 1. The molecule has 82 valence electrons. The van der Waals surface area contributed by atoms with Crippen LogP contribution < -0.4 is 0 Å². The Hall–Kier alpha value is -0.900. The van der Waals surface area contributed by atoms with Gasteiger partial charge < -0.3 is 9.84 Å². The second kappa shape index (κ2) is 3.93. The van der Waals surface area contributed by atoms with E-state index >= 15 is 0 Å². The summed E-state index contributed by atoms with van der Waals surface area (Å²) in [6.45, 7) is 3.40. The topological polar surface area (TPSA) is 32.7 Å². The van der Waals surface area contributed by atoms with Crippen molar-refractivity contribution in [1.82, 2.24) is 4.90 Å². The molecule has 0 aromatic heterocycles. The molecule has 3 nitrogen and oxygen atoms in total. The molecule has 2 atom stereocenters. The number of benzene rings is 1. The number of hydrogen-bond donors (Lipinski definition) is 1. The number of likely N-dealkylation sites (N-methyl/N-ethyl adjacent to an activating group) is 1. The first-order valence-corrected chi connectivity index (χ1v) is 5.26. The van der Waals surface area contributed by atoms with Crippen molar-refractivity contribution < 1.29 is 9.84 Å². The molecule has 1 N–H and O–H groups in total. The van der Waals surface area contributed by atoms with Gasteiger partial charge in [0.1, 0.15) is 0 Å². The van der Waals surface area contributed by atoms with Crippen LogP contribution in [-0.2, 0) is 10.5 Å². The molecule has 1 aromatic rings. The fourth-order valence-electron chi connectivity index (χ4n) is 1.96. The normalized spacial score (nSPS) is 32.9. The minimum absolute atomic E-state index is 0.0337. The molecule has 1 aromatic carbocycles. The summed E-state index contributed by atoms with van der Waals surface area (Å²) < 4.78 is 5.55. The summed E-state index contributed by atoms with van der Waals surface area (Å²) in [5.41, 5.74) is 0.823. The van der Waals surface area contributed by atoms with Gasteiger partial charge in [0, 0.05) is 12.1 Å². The van der Waals surface area contributed by atoms with E-state index in [1.165, 1.54) is 0 Å². The summed E-state index contributed by atoms with van der Waals surface area (Å²) >= 11 is 0. The second-order valence-corrected chi connectivity index (χ2v) is 4.07. The van der Waals surface area contributed by atoms with Gasteiger partial charge in [-0.15, -0.1) is 0 Å². The first-order valence-electron chi connectivity index (χ1n) is 5.26. The Morgan fingerprint density at radius 3 is 2.73 bits per heavy atom. The largest absolute Gasteiger partial charge is 0.361 e. The first-order chi connectivity index (χ1) is 7.14. The molecule has 0 amide bonds. The maximum absolute atomic E-state index is 10.5. The predicted octanol–water partition coefficient (Wildman–Crippen LogP) is 1.18. The second-order valence-electron chi connectivity index (χ2n) is 4.07. The van der Waals surface area contributed by atoms with Crippen LogP contribution >= 0.6 is 0 Å². The summed E-state index contributed by atoms with van der Waals surface area (Å²) in [5, 5.41) is 10.5. The highest BCUT2D eigenvalue weighted by Gasteiger charge is 2.41. The molecular formula is C12H17NO2. The van der Waals surface area contributed by atoms with Crippen LogP contribution in [0.4, 0.5) is 0 Å². The van der Waals surface area contributed by atoms with E-state index in [2.05, 4.69) is 4.90 Å². The molecule has 0 aliphatic carbocycles. The van der Waals surface area contributed by atoms with Gasteiger partial charge in [-0.3, -0.25) is 4.90 Å². The van der Waals surface area contributed by atoms with Crippen molar-refractivity contribution in [2.75, 3.05) is 20.2 Å². The average molecular weight is 207 g/mol. The van der Waals surface area contributed by atoms with E-state index in [0.29, 0.717) is 6.61 Å².